The second kappa shape index (κ2) is 9.91. The van der Waals surface area contributed by atoms with Crippen LogP contribution in [0.25, 0.3) is 11.4 Å². The Balaban J connectivity index is 1.42. The number of thioether (sulfide) groups is 2. The molecule has 5 rings (SSSR count). The number of ether oxygens (including phenoxy) is 1. The van der Waals surface area contributed by atoms with Gasteiger partial charge in [-0.25, -0.2) is 4.98 Å². The van der Waals surface area contributed by atoms with Gasteiger partial charge in [0, 0.05) is 22.6 Å². The second-order valence-electron chi connectivity index (χ2n) is 7.96. The topological polar surface area (TPSA) is 64.1 Å². The van der Waals surface area contributed by atoms with Gasteiger partial charge >= 0.3 is 0 Å². The molecular weight excluding hydrogens is 462 g/mol. The fourth-order valence-electron chi connectivity index (χ4n) is 3.71. The zero-order valence-electron chi connectivity index (χ0n) is 18.9. The van der Waals surface area contributed by atoms with Crippen molar-refractivity contribution in [2.75, 3.05) is 17.3 Å². The van der Waals surface area contributed by atoms with Crippen LogP contribution in [-0.4, -0.2) is 27.9 Å². The molecule has 1 amide bonds. The molecule has 0 atom stereocenters. The maximum Gasteiger partial charge on any atom is 0.234 e. The van der Waals surface area contributed by atoms with Crippen molar-refractivity contribution in [3.05, 3.63) is 89.5 Å². The average Bonchev–Trinajstić information content (AvgIpc) is 2.86. The van der Waals surface area contributed by atoms with E-state index in [0.717, 1.165) is 38.0 Å². The van der Waals surface area contributed by atoms with Crippen molar-refractivity contribution in [3.8, 4) is 23.0 Å². The van der Waals surface area contributed by atoms with E-state index in [1.165, 1.54) is 17.3 Å². The molecule has 170 valence electrons. The maximum absolute atomic E-state index is 12.7. The van der Waals surface area contributed by atoms with Crippen LogP contribution >= 0.6 is 23.5 Å². The highest BCUT2D eigenvalue weighted by atomic mass is 32.2. The van der Waals surface area contributed by atoms with Crippen LogP contribution in [-0.2, 0) is 11.2 Å². The van der Waals surface area contributed by atoms with Crippen LogP contribution in [0, 0.1) is 6.92 Å². The van der Waals surface area contributed by atoms with Crippen LogP contribution in [0.5, 0.6) is 11.6 Å². The predicted octanol–water partition coefficient (Wildman–Crippen LogP) is 6.60. The lowest BCUT2D eigenvalue weighted by Gasteiger charge is -2.21. The number of amides is 1. The van der Waals surface area contributed by atoms with Gasteiger partial charge in [-0.15, -0.1) is 11.8 Å². The minimum absolute atomic E-state index is 0.0790. The van der Waals surface area contributed by atoms with Gasteiger partial charge < -0.3 is 10.1 Å². The van der Waals surface area contributed by atoms with Crippen molar-refractivity contribution in [1.82, 2.24) is 9.97 Å². The third-order valence-electron chi connectivity index (χ3n) is 5.48. The number of rotatable bonds is 6. The number of hydrogen-bond acceptors (Lipinski definition) is 6. The Kier molecular flexibility index (Phi) is 6.56. The zero-order chi connectivity index (χ0) is 23.5. The molecule has 3 aromatic carbocycles. The highest BCUT2D eigenvalue weighted by Gasteiger charge is 2.24. The Labute approximate surface area is 207 Å². The summed E-state index contributed by atoms with van der Waals surface area (Å²) in [6.45, 7) is 2.05. The number of para-hydroxylation sites is 1. The quantitative estimate of drug-likeness (QED) is 0.216. The Hall–Kier alpha value is -3.29. The largest absolute Gasteiger partial charge is 0.438 e. The summed E-state index contributed by atoms with van der Waals surface area (Å²) >= 11 is 3.05. The minimum Gasteiger partial charge on any atom is -0.438 e. The van der Waals surface area contributed by atoms with E-state index in [0.29, 0.717) is 18.1 Å². The SMILES string of the molecule is CSc1cccc(NC(=O)CSc2nc(-c3ccc(C)cc3)nc3c2Cc2ccccc2O3)c1. The average molecular weight is 486 g/mol. The summed E-state index contributed by atoms with van der Waals surface area (Å²) in [6, 6.07) is 23.9. The molecule has 0 saturated heterocycles. The molecule has 1 N–H and O–H groups in total. The summed E-state index contributed by atoms with van der Waals surface area (Å²) in [5.74, 6) is 2.12. The summed E-state index contributed by atoms with van der Waals surface area (Å²) in [7, 11) is 0. The standard InChI is InChI=1S/C27H23N3O2S2/c1-17-10-12-18(13-11-17)25-29-26-22(14-19-6-3-4-9-23(19)32-26)27(30-25)34-16-24(31)28-20-7-5-8-21(15-20)33-2/h3-13,15H,14,16H2,1-2H3,(H,28,31). The summed E-state index contributed by atoms with van der Waals surface area (Å²) in [6.07, 6.45) is 2.68. The molecule has 0 radical (unpaired) electrons. The van der Waals surface area contributed by atoms with E-state index in [9.17, 15) is 4.79 Å². The molecule has 1 aliphatic heterocycles. The monoisotopic (exact) mass is 485 g/mol. The van der Waals surface area contributed by atoms with Crippen molar-refractivity contribution in [1.29, 1.82) is 0 Å². The van der Waals surface area contributed by atoms with Crippen molar-refractivity contribution in [3.63, 3.8) is 0 Å². The number of benzene rings is 3. The van der Waals surface area contributed by atoms with E-state index in [2.05, 4.69) is 5.32 Å². The normalized spacial score (nSPS) is 11.8. The molecule has 1 aromatic heterocycles. The molecule has 0 spiro atoms. The number of nitrogens with one attached hydrogen (secondary N) is 1. The summed E-state index contributed by atoms with van der Waals surface area (Å²) in [5, 5.41) is 3.75. The summed E-state index contributed by atoms with van der Waals surface area (Å²) < 4.78 is 6.16. The molecule has 0 saturated carbocycles. The minimum atomic E-state index is -0.0790. The molecule has 0 unspecified atom stereocenters. The van der Waals surface area contributed by atoms with Crippen LogP contribution in [0.4, 0.5) is 5.69 Å². The first-order chi connectivity index (χ1) is 16.6. The van der Waals surface area contributed by atoms with E-state index in [1.54, 1.807) is 11.8 Å². The van der Waals surface area contributed by atoms with Gasteiger partial charge in [-0.1, -0.05) is 65.9 Å². The third-order valence-corrected chi connectivity index (χ3v) is 7.22. The lowest BCUT2D eigenvalue weighted by molar-refractivity contribution is -0.113. The number of anilines is 1. The van der Waals surface area contributed by atoms with Gasteiger partial charge in [-0.2, -0.15) is 4.98 Å². The molecular formula is C27H23N3O2S2. The second-order valence-corrected chi connectivity index (χ2v) is 9.80. The number of nitrogens with zero attached hydrogens (tertiary/aromatic N) is 2. The van der Waals surface area contributed by atoms with E-state index >= 15 is 0 Å². The van der Waals surface area contributed by atoms with Gasteiger partial charge in [0.2, 0.25) is 11.8 Å². The van der Waals surface area contributed by atoms with Gasteiger partial charge in [0.1, 0.15) is 10.8 Å². The lowest BCUT2D eigenvalue weighted by Crippen LogP contribution is -2.15. The lowest BCUT2D eigenvalue weighted by atomic mass is 10.0. The van der Waals surface area contributed by atoms with Crippen LogP contribution in [0.1, 0.15) is 16.7 Å². The van der Waals surface area contributed by atoms with Gasteiger partial charge in [0.15, 0.2) is 5.82 Å². The van der Waals surface area contributed by atoms with E-state index in [4.69, 9.17) is 14.7 Å². The van der Waals surface area contributed by atoms with Gasteiger partial charge in [-0.05, 0) is 43.0 Å². The molecule has 0 aliphatic carbocycles. The highest BCUT2D eigenvalue weighted by Crippen LogP contribution is 2.40. The Morgan fingerprint density at radius 1 is 1.03 bits per heavy atom. The molecule has 2 heterocycles. The fraction of sp³-hybridized carbons (Fsp3) is 0.148. The molecule has 4 aromatic rings. The van der Waals surface area contributed by atoms with Crippen molar-refractivity contribution >= 4 is 35.1 Å². The van der Waals surface area contributed by atoms with Crippen LogP contribution < -0.4 is 10.1 Å². The maximum atomic E-state index is 12.7. The number of carbonyl (C=O) groups excluding carboxylic acids is 1. The van der Waals surface area contributed by atoms with Crippen molar-refractivity contribution in [2.24, 2.45) is 0 Å². The molecule has 5 nitrogen and oxygen atoms in total. The third kappa shape index (κ3) is 4.95. The van der Waals surface area contributed by atoms with Gasteiger partial charge in [0.25, 0.3) is 0 Å². The number of aryl methyl sites for hydroxylation is 1. The number of fused-ring (bicyclic) bond motifs is 2. The zero-order valence-corrected chi connectivity index (χ0v) is 20.5. The van der Waals surface area contributed by atoms with Crippen LogP contribution in [0.2, 0.25) is 0 Å². The Morgan fingerprint density at radius 3 is 2.68 bits per heavy atom. The van der Waals surface area contributed by atoms with Gasteiger partial charge in [-0.3, -0.25) is 4.79 Å². The fourth-order valence-corrected chi connectivity index (χ4v) is 4.99. The molecule has 7 heteroatoms. The highest BCUT2D eigenvalue weighted by molar-refractivity contribution is 8.00. The first-order valence-corrected chi connectivity index (χ1v) is 13.1. The number of hydrogen-bond donors (Lipinski definition) is 1. The van der Waals surface area contributed by atoms with E-state index in [-0.39, 0.29) is 11.7 Å². The van der Waals surface area contributed by atoms with Crippen LogP contribution in [0.3, 0.4) is 0 Å². The van der Waals surface area contributed by atoms with Crippen molar-refractivity contribution in [2.45, 2.75) is 23.3 Å². The number of aromatic nitrogens is 2. The van der Waals surface area contributed by atoms with Crippen LogP contribution in [0.15, 0.2) is 82.7 Å². The van der Waals surface area contributed by atoms with E-state index in [1.807, 2.05) is 86.0 Å². The van der Waals surface area contributed by atoms with E-state index < -0.39 is 0 Å². The molecule has 0 bridgehead atoms. The van der Waals surface area contributed by atoms with Crippen molar-refractivity contribution < 1.29 is 9.53 Å². The molecule has 34 heavy (non-hydrogen) atoms. The first kappa shape index (κ1) is 22.5. The first-order valence-electron chi connectivity index (χ1n) is 10.9. The van der Waals surface area contributed by atoms with Gasteiger partial charge in [0.05, 0.1) is 11.3 Å². The molecule has 0 fully saturated rings. The smallest absolute Gasteiger partial charge is 0.234 e. The summed E-state index contributed by atoms with van der Waals surface area (Å²) in [5.41, 5.74) is 4.87. The predicted molar refractivity (Wildman–Crippen MR) is 139 cm³/mol. The Bertz CT molecular complexity index is 1360. The number of carbonyl (C=O) groups is 1. The molecule has 1 aliphatic rings. The summed E-state index contributed by atoms with van der Waals surface area (Å²) in [4.78, 5) is 23.4. The Morgan fingerprint density at radius 2 is 1.85 bits per heavy atom.